The van der Waals surface area contributed by atoms with Crippen LogP contribution in [0.1, 0.15) is 6.92 Å². The van der Waals surface area contributed by atoms with Crippen LogP contribution in [0, 0.1) is 0 Å². The van der Waals surface area contributed by atoms with Crippen molar-refractivity contribution >= 4 is 22.8 Å². The topological polar surface area (TPSA) is 91.9 Å². The Morgan fingerprint density at radius 1 is 1.08 bits per heavy atom. The molecule has 2 amide bonds. The fourth-order valence-electron chi connectivity index (χ4n) is 2.90. The van der Waals surface area contributed by atoms with Crippen LogP contribution in [-0.4, -0.2) is 66.2 Å². The quantitative estimate of drug-likeness (QED) is 0.886. The second-order valence-corrected chi connectivity index (χ2v) is 5.88. The van der Waals surface area contributed by atoms with Gasteiger partial charge in [-0.3, -0.25) is 9.59 Å². The van der Waals surface area contributed by atoms with Crippen molar-refractivity contribution in [2.24, 2.45) is 0 Å². The zero-order valence-electron chi connectivity index (χ0n) is 14.6. The molecular formula is C18H21N3O5. The lowest BCUT2D eigenvalue weighted by Crippen LogP contribution is -2.51. The highest BCUT2D eigenvalue weighted by Gasteiger charge is 2.25. The molecule has 3 rings (SSSR count). The molecule has 0 unspecified atom stereocenters. The molecule has 1 aliphatic rings. The van der Waals surface area contributed by atoms with Gasteiger partial charge in [-0.05, 0) is 25.1 Å². The van der Waals surface area contributed by atoms with Crippen LogP contribution >= 0.6 is 0 Å². The molecule has 8 heteroatoms. The SMILES string of the molecule is CCOC(=O)N1CCN(C(=O)COc2cccc3c(=O)[nH]ccc23)CC1. The highest BCUT2D eigenvalue weighted by atomic mass is 16.6. The maximum atomic E-state index is 12.4. The first kappa shape index (κ1) is 17.8. The van der Waals surface area contributed by atoms with Gasteiger partial charge in [-0.2, -0.15) is 0 Å². The van der Waals surface area contributed by atoms with Crippen molar-refractivity contribution in [2.45, 2.75) is 6.92 Å². The molecule has 0 bridgehead atoms. The number of rotatable bonds is 4. The van der Waals surface area contributed by atoms with Crippen LogP contribution in [-0.2, 0) is 9.53 Å². The van der Waals surface area contributed by atoms with Crippen molar-refractivity contribution in [1.82, 2.24) is 14.8 Å². The number of nitrogens with zero attached hydrogens (tertiary/aromatic N) is 2. The van der Waals surface area contributed by atoms with Crippen molar-refractivity contribution in [2.75, 3.05) is 39.4 Å². The fraction of sp³-hybridized carbons (Fsp3) is 0.389. The first-order valence-corrected chi connectivity index (χ1v) is 8.53. The molecule has 0 aliphatic carbocycles. The Hall–Kier alpha value is -3.03. The second-order valence-electron chi connectivity index (χ2n) is 5.88. The van der Waals surface area contributed by atoms with Crippen LogP contribution in [0.4, 0.5) is 4.79 Å². The van der Waals surface area contributed by atoms with E-state index >= 15 is 0 Å². The zero-order valence-corrected chi connectivity index (χ0v) is 14.6. The minimum Gasteiger partial charge on any atom is -0.483 e. The summed E-state index contributed by atoms with van der Waals surface area (Å²) in [5.74, 6) is 0.336. The predicted octanol–water partition coefficient (Wildman–Crippen LogP) is 1.21. The minimum atomic E-state index is -0.350. The molecule has 138 valence electrons. The van der Waals surface area contributed by atoms with Crippen LogP contribution in [0.25, 0.3) is 10.8 Å². The average molecular weight is 359 g/mol. The number of fused-ring (bicyclic) bond motifs is 1. The highest BCUT2D eigenvalue weighted by molar-refractivity contribution is 5.87. The van der Waals surface area contributed by atoms with E-state index in [9.17, 15) is 14.4 Å². The normalized spacial score (nSPS) is 14.3. The third-order valence-electron chi connectivity index (χ3n) is 4.28. The Kier molecular flexibility index (Phi) is 5.40. The lowest BCUT2D eigenvalue weighted by molar-refractivity contribution is -0.134. The number of aromatic nitrogens is 1. The van der Waals surface area contributed by atoms with Crippen LogP contribution in [0.15, 0.2) is 35.3 Å². The van der Waals surface area contributed by atoms with Crippen molar-refractivity contribution in [3.05, 3.63) is 40.8 Å². The molecule has 26 heavy (non-hydrogen) atoms. The third-order valence-corrected chi connectivity index (χ3v) is 4.28. The smallest absolute Gasteiger partial charge is 0.409 e. The molecule has 1 aliphatic heterocycles. The lowest BCUT2D eigenvalue weighted by Gasteiger charge is -2.34. The summed E-state index contributed by atoms with van der Waals surface area (Å²) in [7, 11) is 0. The van der Waals surface area contributed by atoms with E-state index in [4.69, 9.17) is 9.47 Å². The first-order valence-electron chi connectivity index (χ1n) is 8.53. The van der Waals surface area contributed by atoms with Crippen molar-refractivity contribution in [3.63, 3.8) is 0 Å². The molecule has 8 nitrogen and oxygen atoms in total. The Balaban J connectivity index is 1.58. The Morgan fingerprint density at radius 2 is 1.81 bits per heavy atom. The van der Waals surface area contributed by atoms with E-state index in [-0.39, 0.29) is 24.2 Å². The first-order chi connectivity index (χ1) is 12.6. The summed E-state index contributed by atoms with van der Waals surface area (Å²) in [5.41, 5.74) is -0.200. The van der Waals surface area contributed by atoms with Gasteiger partial charge in [0.25, 0.3) is 11.5 Å². The molecule has 0 atom stereocenters. The van der Waals surface area contributed by atoms with E-state index < -0.39 is 0 Å². The predicted molar refractivity (Wildman–Crippen MR) is 95.2 cm³/mol. The lowest BCUT2D eigenvalue weighted by atomic mass is 10.1. The maximum absolute atomic E-state index is 12.4. The number of pyridine rings is 1. The number of aromatic amines is 1. The summed E-state index contributed by atoms with van der Waals surface area (Å²) in [6.07, 6.45) is 1.20. The van der Waals surface area contributed by atoms with Crippen molar-refractivity contribution in [3.8, 4) is 5.75 Å². The van der Waals surface area contributed by atoms with Gasteiger partial charge in [0.2, 0.25) is 0 Å². The van der Waals surface area contributed by atoms with Crippen LogP contribution < -0.4 is 10.3 Å². The van der Waals surface area contributed by atoms with Gasteiger partial charge in [-0.25, -0.2) is 4.79 Å². The van der Waals surface area contributed by atoms with E-state index in [0.717, 1.165) is 0 Å². The second kappa shape index (κ2) is 7.90. The molecule has 1 fully saturated rings. The van der Waals surface area contributed by atoms with Gasteiger partial charge in [0.05, 0.1) is 12.0 Å². The zero-order chi connectivity index (χ0) is 18.5. The molecule has 1 aromatic carbocycles. The van der Waals surface area contributed by atoms with E-state index in [0.29, 0.717) is 49.3 Å². The standard InChI is InChI=1S/C18H21N3O5/c1-2-25-18(24)21-10-8-20(9-11-21)16(22)12-26-15-5-3-4-14-13(15)6-7-19-17(14)23/h3-7H,2,8-12H2,1H3,(H,19,23). The number of ether oxygens (including phenoxy) is 2. The molecule has 2 heterocycles. The molecular weight excluding hydrogens is 338 g/mol. The molecule has 0 radical (unpaired) electrons. The average Bonchev–Trinajstić information content (AvgIpc) is 2.67. The summed E-state index contributed by atoms with van der Waals surface area (Å²) in [6.45, 7) is 3.73. The summed E-state index contributed by atoms with van der Waals surface area (Å²) in [4.78, 5) is 41.7. The number of carbonyl (C=O) groups excluding carboxylic acids is 2. The summed E-state index contributed by atoms with van der Waals surface area (Å²) in [6, 6.07) is 6.90. The van der Waals surface area contributed by atoms with Gasteiger partial charge in [0.1, 0.15) is 5.75 Å². The number of amides is 2. The summed E-state index contributed by atoms with van der Waals surface area (Å²) >= 11 is 0. The molecule has 2 aromatic rings. The number of benzene rings is 1. The third kappa shape index (κ3) is 3.79. The highest BCUT2D eigenvalue weighted by Crippen LogP contribution is 2.22. The van der Waals surface area contributed by atoms with Crippen LogP contribution in [0.5, 0.6) is 5.75 Å². The van der Waals surface area contributed by atoms with E-state index in [2.05, 4.69) is 4.98 Å². The van der Waals surface area contributed by atoms with Gasteiger partial charge in [0.15, 0.2) is 6.61 Å². The van der Waals surface area contributed by atoms with Gasteiger partial charge in [-0.1, -0.05) is 6.07 Å². The number of hydrogen-bond donors (Lipinski definition) is 1. The fourth-order valence-corrected chi connectivity index (χ4v) is 2.90. The van der Waals surface area contributed by atoms with Crippen LogP contribution in [0.3, 0.4) is 0 Å². The summed E-state index contributed by atoms with van der Waals surface area (Å²) < 4.78 is 10.6. The molecule has 0 saturated carbocycles. The Morgan fingerprint density at radius 3 is 2.54 bits per heavy atom. The van der Waals surface area contributed by atoms with Gasteiger partial charge < -0.3 is 24.3 Å². The van der Waals surface area contributed by atoms with Crippen LogP contribution in [0.2, 0.25) is 0 Å². The van der Waals surface area contributed by atoms with Gasteiger partial charge >= 0.3 is 6.09 Å². The Labute approximate surface area is 150 Å². The number of H-pyrrole nitrogens is 1. The maximum Gasteiger partial charge on any atom is 0.409 e. The molecule has 0 spiro atoms. The van der Waals surface area contributed by atoms with E-state index in [1.54, 1.807) is 47.2 Å². The monoisotopic (exact) mass is 359 g/mol. The number of nitrogens with one attached hydrogen (secondary N) is 1. The van der Waals surface area contributed by atoms with Gasteiger partial charge in [-0.15, -0.1) is 0 Å². The van der Waals surface area contributed by atoms with E-state index in [1.807, 2.05) is 0 Å². The van der Waals surface area contributed by atoms with Crippen molar-refractivity contribution in [1.29, 1.82) is 0 Å². The van der Waals surface area contributed by atoms with Crippen molar-refractivity contribution < 1.29 is 19.1 Å². The van der Waals surface area contributed by atoms with Gasteiger partial charge in [0, 0.05) is 37.8 Å². The minimum absolute atomic E-state index is 0.120. The Bertz CT molecular complexity index is 855. The molecule has 1 saturated heterocycles. The largest absolute Gasteiger partial charge is 0.483 e. The number of carbonyl (C=O) groups is 2. The van der Waals surface area contributed by atoms with E-state index in [1.165, 1.54) is 0 Å². The molecule has 1 N–H and O–H groups in total. The summed E-state index contributed by atoms with van der Waals surface area (Å²) in [5, 5.41) is 1.18. The number of hydrogen-bond acceptors (Lipinski definition) is 5. The molecule has 1 aromatic heterocycles. The number of piperazine rings is 1.